The molecule has 3 nitrogen and oxygen atoms in total. The minimum absolute atomic E-state index is 0.195. The highest BCUT2D eigenvalue weighted by molar-refractivity contribution is 5.53. The zero-order valence-electron chi connectivity index (χ0n) is 11.8. The predicted molar refractivity (Wildman–Crippen MR) is 83.1 cm³/mol. The first-order chi connectivity index (χ1) is 10.2. The molecule has 0 spiro atoms. The summed E-state index contributed by atoms with van der Waals surface area (Å²) in [6.45, 7) is 1.91. The molecule has 1 aliphatic heterocycles. The first-order valence-corrected chi connectivity index (χ1v) is 7.23. The van der Waals surface area contributed by atoms with Gasteiger partial charge in [-0.05, 0) is 48.5 Å². The zero-order valence-corrected chi connectivity index (χ0v) is 11.8. The van der Waals surface area contributed by atoms with Gasteiger partial charge in [-0.1, -0.05) is 0 Å². The predicted octanol–water partition coefficient (Wildman–Crippen LogP) is 3.46. The standard InChI is InChI=1S/C17H19FN2O/c18-13-1-7-16(8-2-13)21-17-9-11-20(12-10-17)15-5-3-14(19)4-6-15/h1-8,17H,9-12,19H2. The minimum Gasteiger partial charge on any atom is -0.490 e. The van der Waals surface area contributed by atoms with Crippen molar-refractivity contribution >= 4 is 11.4 Å². The summed E-state index contributed by atoms with van der Waals surface area (Å²) in [7, 11) is 0. The van der Waals surface area contributed by atoms with Crippen molar-refractivity contribution in [2.24, 2.45) is 0 Å². The van der Waals surface area contributed by atoms with Gasteiger partial charge in [-0.25, -0.2) is 4.39 Å². The molecule has 1 fully saturated rings. The molecule has 0 radical (unpaired) electrons. The van der Waals surface area contributed by atoms with E-state index in [2.05, 4.69) is 17.0 Å². The number of rotatable bonds is 3. The monoisotopic (exact) mass is 286 g/mol. The molecule has 1 heterocycles. The lowest BCUT2D eigenvalue weighted by Gasteiger charge is -2.33. The molecule has 0 atom stereocenters. The molecule has 1 aliphatic rings. The van der Waals surface area contributed by atoms with Crippen molar-refractivity contribution in [2.75, 3.05) is 23.7 Å². The van der Waals surface area contributed by atoms with Crippen LogP contribution in [0.2, 0.25) is 0 Å². The van der Waals surface area contributed by atoms with Gasteiger partial charge in [0.25, 0.3) is 0 Å². The van der Waals surface area contributed by atoms with E-state index in [1.54, 1.807) is 12.1 Å². The maximum absolute atomic E-state index is 12.9. The van der Waals surface area contributed by atoms with E-state index in [1.165, 1.54) is 17.8 Å². The van der Waals surface area contributed by atoms with Gasteiger partial charge >= 0.3 is 0 Å². The zero-order chi connectivity index (χ0) is 14.7. The molecule has 0 aliphatic carbocycles. The Morgan fingerprint density at radius 1 is 0.952 bits per heavy atom. The smallest absolute Gasteiger partial charge is 0.123 e. The van der Waals surface area contributed by atoms with Crippen molar-refractivity contribution in [3.8, 4) is 5.75 Å². The van der Waals surface area contributed by atoms with Crippen LogP contribution in [0.15, 0.2) is 48.5 Å². The van der Waals surface area contributed by atoms with Gasteiger partial charge in [0.05, 0.1) is 0 Å². The normalized spacial score (nSPS) is 16.0. The Labute approximate surface area is 124 Å². The van der Waals surface area contributed by atoms with Crippen molar-refractivity contribution in [3.63, 3.8) is 0 Å². The molecule has 110 valence electrons. The quantitative estimate of drug-likeness (QED) is 0.878. The van der Waals surface area contributed by atoms with Gasteiger partial charge in [-0.3, -0.25) is 0 Å². The fourth-order valence-electron chi connectivity index (χ4n) is 2.62. The summed E-state index contributed by atoms with van der Waals surface area (Å²) in [6.07, 6.45) is 2.12. The lowest BCUT2D eigenvalue weighted by atomic mass is 10.1. The second kappa shape index (κ2) is 6.04. The first kappa shape index (κ1) is 13.7. The number of ether oxygens (including phenoxy) is 1. The summed E-state index contributed by atoms with van der Waals surface area (Å²) < 4.78 is 18.8. The third kappa shape index (κ3) is 3.45. The Morgan fingerprint density at radius 3 is 2.19 bits per heavy atom. The van der Waals surface area contributed by atoms with Crippen LogP contribution >= 0.6 is 0 Å². The fraction of sp³-hybridized carbons (Fsp3) is 0.294. The summed E-state index contributed by atoms with van der Waals surface area (Å²) in [5.74, 6) is 0.503. The van der Waals surface area contributed by atoms with Crippen LogP contribution in [0, 0.1) is 5.82 Å². The third-order valence-electron chi connectivity index (χ3n) is 3.82. The van der Waals surface area contributed by atoms with E-state index in [9.17, 15) is 4.39 Å². The number of nitrogen functional groups attached to an aromatic ring is 1. The van der Waals surface area contributed by atoms with Gasteiger partial charge in [0.2, 0.25) is 0 Å². The summed E-state index contributed by atoms with van der Waals surface area (Å²) in [6, 6.07) is 14.2. The average molecular weight is 286 g/mol. The molecule has 0 unspecified atom stereocenters. The van der Waals surface area contributed by atoms with E-state index >= 15 is 0 Å². The van der Waals surface area contributed by atoms with Crippen LogP contribution < -0.4 is 15.4 Å². The third-order valence-corrected chi connectivity index (χ3v) is 3.82. The molecule has 0 amide bonds. The van der Waals surface area contributed by atoms with E-state index in [-0.39, 0.29) is 11.9 Å². The molecule has 2 N–H and O–H groups in total. The second-order valence-corrected chi connectivity index (χ2v) is 5.35. The molecule has 0 bridgehead atoms. The Kier molecular flexibility index (Phi) is 3.95. The molecule has 3 rings (SSSR count). The number of hydrogen-bond donors (Lipinski definition) is 1. The summed E-state index contributed by atoms with van der Waals surface area (Å²) in [4.78, 5) is 2.34. The number of piperidine rings is 1. The highest BCUT2D eigenvalue weighted by atomic mass is 19.1. The number of anilines is 2. The highest BCUT2D eigenvalue weighted by Gasteiger charge is 2.20. The number of nitrogens with zero attached hydrogens (tertiary/aromatic N) is 1. The minimum atomic E-state index is -0.236. The molecule has 1 saturated heterocycles. The van der Waals surface area contributed by atoms with E-state index < -0.39 is 0 Å². The van der Waals surface area contributed by atoms with Gasteiger partial charge < -0.3 is 15.4 Å². The van der Waals surface area contributed by atoms with E-state index in [1.807, 2.05) is 12.1 Å². The SMILES string of the molecule is Nc1ccc(N2CCC(Oc3ccc(F)cc3)CC2)cc1. The molecule has 21 heavy (non-hydrogen) atoms. The van der Waals surface area contributed by atoms with Gasteiger partial charge in [-0.15, -0.1) is 0 Å². The number of hydrogen-bond acceptors (Lipinski definition) is 3. The van der Waals surface area contributed by atoms with Crippen LogP contribution in [0.25, 0.3) is 0 Å². The number of benzene rings is 2. The van der Waals surface area contributed by atoms with Crippen molar-refractivity contribution in [2.45, 2.75) is 18.9 Å². The Hall–Kier alpha value is -2.23. The number of halogens is 1. The lowest BCUT2D eigenvalue weighted by Crippen LogP contribution is -2.38. The Balaban J connectivity index is 1.55. The largest absolute Gasteiger partial charge is 0.490 e. The van der Waals surface area contributed by atoms with Crippen molar-refractivity contribution in [3.05, 3.63) is 54.3 Å². The topological polar surface area (TPSA) is 38.5 Å². The Bertz CT molecular complexity index is 575. The fourth-order valence-corrected chi connectivity index (χ4v) is 2.62. The van der Waals surface area contributed by atoms with Crippen LogP contribution in [0.3, 0.4) is 0 Å². The molecular formula is C17H19FN2O. The maximum Gasteiger partial charge on any atom is 0.123 e. The molecule has 2 aromatic carbocycles. The van der Waals surface area contributed by atoms with Crippen molar-refractivity contribution in [1.29, 1.82) is 0 Å². The molecule has 0 saturated carbocycles. The van der Waals surface area contributed by atoms with Crippen LogP contribution in [0.1, 0.15) is 12.8 Å². The van der Waals surface area contributed by atoms with Crippen LogP contribution in [0.5, 0.6) is 5.75 Å². The molecular weight excluding hydrogens is 267 g/mol. The molecule has 4 heteroatoms. The van der Waals surface area contributed by atoms with Crippen molar-refractivity contribution < 1.29 is 9.13 Å². The molecule has 0 aromatic heterocycles. The van der Waals surface area contributed by atoms with Gasteiger partial charge in [0.15, 0.2) is 0 Å². The van der Waals surface area contributed by atoms with Crippen molar-refractivity contribution in [1.82, 2.24) is 0 Å². The van der Waals surface area contributed by atoms with Crippen LogP contribution in [-0.4, -0.2) is 19.2 Å². The van der Waals surface area contributed by atoms with Gasteiger partial charge in [-0.2, -0.15) is 0 Å². The number of nitrogens with two attached hydrogens (primary N) is 1. The van der Waals surface area contributed by atoms with Gasteiger partial charge in [0, 0.05) is 37.3 Å². The Morgan fingerprint density at radius 2 is 1.57 bits per heavy atom. The van der Waals surface area contributed by atoms with Crippen LogP contribution in [-0.2, 0) is 0 Å². The van der Waals surface area contributed by atoms with Crippen LogP contribution in [0.4, 0.5) is 15.8 Å². The van der Waals surface area contributed by atoms with E-state index in [0.29, 0.717) is 0 Å². The van der Waals surface area contributed by atoms with Gasteiger partial charge in [0.1, 0.15) is 17.7 Å². The van der Waals surface area contributed by atoms with E-state index in [0.717, 1.165) is 37.4 Å². The average Bonchev–Trinajstić information content (AvgIpc) is 2.51. The molecule has 2 aromatic rings. The van der Waals surface area contributed by atoms with E-state index in [4.69, 9.17) is 10.5 Å². The summed E-state index contributed by atoms with van der Waals surface area (Å²) in [5.41, 5.74) is 7.69. The lowest BCUT2D eigenvalue weighted by molar-refractivity contribution is 0.171. The second-order valence-electron chi connectivity index (χ2n) is 5.35. The first-order valence-electron chi connectivity index (χ1n) is 7.23. The maximum atomic E-state index is 12.9. The summed E-state index contributed by atoms with van der Waals surface area (Å²) in [5, 5.41) is 0. The summed E-state index contributed by atoms with van der Waals surface area (Å²) >= 11 is 0. The highest BCUT2D eigenvalue weighted by Crippen LogP contribution is 2.24.